The molecule has 0 aromatic rings. The van der Waals surface area contributed by atoms with Crippen molar-refractivity contribution in [1.29, 1.82) is 0 Å². The van der Waals surface area contributed by atoms with E-state index in [1.54, 1.807) is 0 Å². The Labute approximate surface area is 90.3 Å². The van der Waals surface area contributed by atoms with Gasteiger partial charge in [-0.05, 0) is 19.8 Å². The van der Waals surface area contributed by atoms with E-state index in [1.165, 1.54) is 0 Å². The molecule has 0 spiro atoms. The van der Waals surface area contributed by atoms with Crippen LogP contribution in [-0.2, 0) is 14.3 Å². The average Bonchev–Trinajstić information content (AvgIpc) is 2.88. The van der Waals surface area contributed by atoms with Gasteiger partial charge >= 0.3 is 5.97 Å². The quantitative estimate of drug-likeness (QED) is 0.696. The Balaban J connectivity index is 1.94. The van der Waals surface area contributed by atoms with E-state index in [0.29, 0.717) is 12.5 Å². The summed E-state index contributed by atoms with van der Waals surface area (Å²) in [5.41, 5.74) is 0. The maximum atomic E-state index is 11.7. The minimum absolute atomic E-state index is 0.00644. The van der Waals surface area contributed by atoms with Crippen molar-refractivity contribution in [3.63, 3.8) is 0 Å². The molecule has 2 aliphatic heterocycles. The van der Waals surface area contributed by atoms with Gasteiger partial charge in [0, 0.05) is 25.6 Å². The van der Waals surface area contributed by atoms with Crippen LogP contribution in [0.1, 0.15) is 19.8 Å². The maximum Gasteiger partial charge on any atom is 0.310 e. The smallest absolute Gasteiger partial charge is 0.310 e. The number of ether oxygens (including phenoxy) is 2. The fourth-order valence-corrected chi connectivity index (χ4v) is 2.54. The van der Waals surface area contributed by atoms with Gasteiger partial charge < -0.3 is 14.8 Å². The molecule has 0 amide bonds. The SMILES string of the molecule is CCOC(=O)C1CNCC1C1CCCO1. The van der Waals surface area contributed by atoms with E-state index in [-0.39, 0.29) is 18.0 Å². The molecule has 1 N–H and O–H groups in total. The van der Waals surface area contributed by atoms with E-state index in [0.717, 1.165) is 32.5 Å². The van der Waals surface area contributed by atoms with Gasteiger partial charge in [0.05, 0.1) is 18.6 Å². The molecule has 2 heterocycles. The van der Waals surface area contributed by atoms with Crippen LogP contribution in [0.5, 0.6) is 0 Å². The van der Waals surface area contributed by atoms with Gasteiger partial charge in [0.2, 0.25) is 0 Å². The third-order valence-electron chi connectivity index (χ3n) is 3.29. The van der Waals surface area contributed by atoms with E-state index in [1.807, 2.05) is 6.92 Å². The van der Waals surface area contributed by atoms with Crippen LogP contribution in [0.15, 0.2) is 0 Å². The highest BCUT2D eigenvalue weighted by molar-refractivity contribution is 5.73. The van der Waals surface area contributed by atoms with E-state index in [9.17, 15) is 4.79 Å². The van der Waals surface area contributed by atoms with Gasteiger partial charge in [-0.25, -0.2) is 0 Å². The molecule has 2 saturated heterocycles. The molecule has 4 nitrogen and oxygen atoms in total. The lowest BCUT2D eigenvalue weighted by atomic mass is 9.89. The minimum Gasteiger partial charge on any atom is -0.466 e. The van der Waals surface area contributed by atoms with Crippen LogP contribution in [0.4, 0.5) is 0 Å². The Bertz CT molecular complexity index is 226. The van der Waals surface area contributed by atoms with Crippen molar-refractivity contribution in [2.24, 2.45) is 11.8 Å². The van der Waals surface area contributed by atoms with Crippen molar-refractivity contribution in [3.05, 3.63) is 0 Å². The van der Waals surface area contributed by atoms with Gasteiger partial charge in [-0.15, -0.1) is 0 Å². The molecular weight excluding hydrogens is 194 g/mol. The monoisotopic (exact) mass is 213 g/mol. The van der Waals surface area contributed by atoms with Crippen LogP contribution in [0.2, 0.25) is 0 Å². The summed E-state index contributed by atoms with van der Waals surface area (Å²) >= 11 is 0. The number of hydrogen-bond donors (Lipinski definition) is 1. The first-order valence-corrected chi connectivity index (χ1v) is 5.82. The average molecular weight is 213 g/mol. The zero-order valence-electron chi connectivity index (χ0n) is 9.20. The Morgan fingerprint density at radius 3 is 3.07 bits per heavy atom. The zero-order chi connectivity index (χ0) is 10.7. The maximum absolute atomic E-state index is 11.7. The summed E-state index contributed by atoms with van der Waals surface area (Å²) in [4.78, 5) is 11.7. The number of rotatable bonds is 3. The fourth-order valence-electron chi connectivity index (χ4n) is 2.54. The molecule has 3 atom stereocenters. The molecule has 3 unspecified atom stereocenters. The highest BCUT2D eigenvalue weighted by atomic mass is 16.5. The summed E-state index contributed by atoms with van der Waals surface area (Å²) in [5.74, 6) is 0.239. The third-order valence-corrected chi connectivity index (χ3v) is 3.29. The second-order valence-electron chi connectivity index (χ2n) is 4.23. The third kappa shape index (κ3) is 2.32. The number of carbonyl (C=O) groups is 1. The highest BCUT2D eigenvalue weighted by Crippen LogP contribution is 2.29. The molecule has 0 saturated carbocycles. The lowest BCUT2D eigenvalue weighted by Gasteiger charge is -2.22. The van der Waals surface area contributed by atoms with Crippen LogP contribution in [-0.4, -0.2) is 38.4 Å². The van der Waals surface area contributed by atoms with Gasteiger partial charge in [-0.2, -0.15) is 0 Å². The Kier molecular flexibility index (Phi) is 3.59. The Morgan fingerprint density at radius 2 is 2.40 bits per heavy atom. The minimum atomic E-state index is -0.0667. The Morgan fingerprint density at radius 1 is 1.53 bits per heavy atom. The summed E-state index contributed by atoms with van der Waals surface area (Å²) in [6, 6.07) is 0. The van der Waals surface area contributed by atoms with Crippen molar-refractivity contribution in [3.8, 4) is 0 Å². The van der Waals surface area contributed by atoms with Gasteiger partial charge in [-0.1, -0.05) is 0 Å². The van der Waals surface area contributed by atoms with Crippen molar-refractivity contribution in [2.45, 2.75) is 25.9 Å². The molecule has 2 aliphatic rings. The lowest BCUT2D eigenvalue weighted by molar-refractivity contribution is -0.150. The molecule has 0 radical (unpaired) electrons. The predicted octanol–water partition coefficient (Wildman–Crippen LogP) is 0.564. The van der Waals surface area contributed by atoms with E-state index in [2.05, 4.69) is 5.32 Å². The summed E-state index contributed by atoms with van der Waals surface area (Å²) < 4.78 is 10.7. The first kappa shape index (κ1) is 10.9. The number of esters is 1. The van der Waals surface area contributed by atoms with Crippen molar-refractivity contribution >= 4 is 5.97 Å². The van der Waals surface area contributed by atoms with E-state index >= 15 is 0 Å². The normalized spacial score (nSPS) is 35.7. The van der Waals surface area contributed by atoms with Gasteiger partial charge in [0.1, 0.15) is 0 Å². The van der Waals surface area contributed by atoms with Gasteiger partial charge in [0.25, 0.3) is 0 Å². The fraction of sp³-hybridized carbons (Fsp3) is 0.909. The van der Waals surface area contributed by atoms with Crippen molar-refractivity contribution in [2.75, 3.05) is 26.3 Å². The number of carbonyl (C=O) groups excluding carboxylic acids is 1. The van der Waals surface area contributed by atoms with Crippen LogP contribution < -0.4 is 5.32 Å². The molecule has 0 aliphatic carbocycles. The van der Waals surface area contributed by atoms with Gasteiger partial charge in [0.15, 0.2) is 0 Å². The standard InChI is InChI=1S/C11H19NO3/c1-2-14-11(13)9-7-12-6-8(9)10-4-3-5-15-10/h8-10,12H,2-7H2,1H3. The molecule has 4 heteroatoms. The zero-order valence-corrected chi connectivity index (χ0v) is 9.20. The van der Waals surface area contributed by atoms with Crippen molar-refractivity contribution in [1.82, 2.24) is 5.32 Å². The van der Waals surface area contributed by atoms with Crippen LogP contribution in [0.3, 0.4) is 0 Å². The highest BCUT2D eigenvalue weighted by Gasteiger charge is 2.40. The predicted molar refractivity (Wildman–Crippen MR) is 55.5 cm³/mol. The lowest BCUT2D eigenvalue weighted by Crippen LogP contribution is -2.32. The molecule has 2 rings (SSSR count). The molecular formula is C11H19NO3. The van der Waals surface area contributed by atoms with Gasteiger partial charge in [-0.3, -0.25) is 4.79 Å². The molecule has 0 bridgehead atoms. The number of hydrogen-bond acceptors (Lipinski definition) is 4. The summed E-state index contributed by atoms with van der Waals surface area (Å²) in [7, 11) is 0. The van der Waals surface area contributed by atoms with Crippen molar-refractivity contribution < 1.29 is 14.3 Å². The van der Waals surface area contributed by atoms with E-state index in [4.69, 9.17) is 9.47 Å². The molecule has 15 heavy (non-hydrogen) atoms. The van der Waals surface area contributed by atoms with Crippen LogP contribution in [0.25, 0.3) is 0 Å². The molecule has 86 valence electrons. The van der Waals surface area contributed by atoms with E-state index < -0.39 is 0 Å². The second-order valence-corrected chi connectivity index (χ2v) is 4.23. The largest absolute Gasteiger partial charge is 0.466 e. The van der Waals surface area contributed by atoms with Crippen LogP contribution >= 0.6 is 0 Å². The second kappa shape index (κ2) is 4.94. The summed E-state index contributed by atoms with van der Waals surface area (Å²) in [6.07, 6.45) is 2.47. The molecule has 0 aromatic heterocycles. The summed E-state index contributed by atoms with van der Waals surface area (Å²) in [5, 5.41) is 3.26. The first-order chi connectivity index (χ1) is 7.33. The van der Waals surface area contributed by atoms with Crippen LogP contribution in [0, 0.1) is 11.8 Å². The topological polar surface area (TPSA) is 47.6 Å². The Hall–Kier alpha value is -0.610. The first-order valence-electron chi connectivity index (χ1n) is 5.82. The molecule has 2 fully saturated rings. The molecule has 0 aromatic carbocycles. The summed E-state index contributed by atoms with van der Waals surface area (Å²) in [6.45, 7) is 4.78. The number of nitrogens with one attached hydrogen (secondary N) is 1.